The third-order valence-electron chi connectivity index (χ3n) is 3.67. The van der Waals surface area contributed by atoms with Crippen molar-refractivity contribution in [3.8, 4) is 5.75 Å². The standard InChI is InChI=1S/C17H20FN3O3.HI/c1-19-17(20-5-4-15-3-2-6-23-15)21-9-12-7-14(18)8-13-10-22-11-24-16(12)13;/h2-3,6-8H,4-5,9-11H2,1H3,(H2,19,20,21);1H. The smallest absolute Gasteiger partial charge is 0.191 e. The lowest BCUT2D eigenvalue weighted by molar-refractivity contribution is -0.0172. The lowest BCUT2D eigenvalue weighted by atomic mass is 10.1. The van der Waals surface area contributed by atoms with E-state index in [9.17, 15) is 4.39 Å². The largest absolute Gasteiger partial charge is 0.469 e. The summed E-state index contributed by atoms with van der Waals surface area (Å²) in [5.41, 5.74) is 1.46. The maximum absolute atomic E-state index is 13.7. The summed E-state index contributed by atoms with van der Waals surface area (Å²) in [5, 5.41) is 6.36. The van der Waals surface area contributed by atoms with Crippen molar-refractivity contribution in [1.82, 2.24) is 10.6 Å². The van der Waals surface area contributed by atoms with E-state index in [0.29, 0.717) is 31.4 Å². The molecule has 136 valence electrons. The summed E-state index contributed by atoms with van der Waals surface area (Å²) in [6.07, 6.45) is 2.41. The zero-order chi connectivity index (χ0) is 16.8. The van der Waals surface area contributed by atoms with E-state index < -0.39 is 0 Å². The minimum atomic E-state index is -0.305. The first kappa shape index (κ1) is 19.5. The summed E-state index contributed by atoms with van der Waals surface area (Å²) in [5.74, 6) is 1.92. The highest BCUT2D eigenvalue weighted by atomic mass is 127. The Hall–Kier alpha value is -1.81. The number of furan rings is 1. The second kappa shape index (κ2) is 9.62. The molecule has 1 aliphatic rings. The van der Waals surface area contributed by atoms with Gasteiger partial charge in [0, 0.05) is 37.7 Å². The van der Waals surface area contributed by atoms with Gasteiger partial charge in [-0.1, -0.05) is 0 Å². The molecule has 3 rings (SSSR count). The molecule has 0 saturated heterocycles. The summed E-state index contributed by atoms with van der Waals surface area (Å²) < 4.78 is 29.7. The van der Waals surface area contributed by atoms with Crippen molar-refractivity contribution in [3.05, 3.63) is 53.2 Å². The second-order valence-corrected chi connectivity index (χ2v) is 5.35. The molecule has 0 saturated carbocycles. The highest BCUT2D eigenvalue weighted by Crippen LogP contribution is 2.29. The Kier molecular flexibility index (Phi) is 7.51. The molecule has 2 aromatic rings. The lowest BCUT2D eigenvalue weighted by Crippen LogP contribution is -2.38. The molecule has 0 radical (unpaired) electrons. The number of rotatable bonds is 5. The van der Waals surface area contributed by atoms with Crippen molar-refractivity contribution in [3.63, 3.8) is 0 Å². The van der Waals surface area contributed by atoms with E-state index in [1.165, 1.54) is 12.1 Å². The summed E-state index contributed by atoms with van der Waals surface area (Å²) in [7, 11) is 1.69. The highest BCUT2D eigenvalue weighted by molar-refractivity contribution is 14.0. The molecule has 0 fully saturated rings. The van der Waals surface area contributed by atoms with E-state index in [0.717, 1.165) is 23.3 Å². The fourth-order valence-corrected chi connectivity index (χ4v) is 2.55. The van der Waals surface area contributed by atoms with Crippen molar-refractivity contribution in [2.45, 2.75) is 19.6 Å². The third kappa shape index (κ3) is 5.33. The van der Waals surface area contributed by atoms with E-state index in [1.807, 2.05) is 12.1 Å². The van der Waals surface area contributed by atoms with Crippen LogP contribution in [-0.2, 0) is 24.3 Å². The van der Waals surface area contributed by atoms with Gasteiger partial charge in [-0.3, -0.25) is 4.99 Å². The number of benzene rings is 1. The van der Waals surface area contributed by atoms with Crippen LogP contribution in [0.4, 0.5) is 4.39 Å². The number of halogens is 2. The molecule has 0 atom stereocenters. The Labute approximate surface area is 162 Å². The van der Waals surface area contributed by atoms with Gasteiger partial charge in [0.1, 0.15) is 17.3 Å². The van der Waals surface area contributed by atoms with Crippen molar-refractivity contribution in [2.24, 2.45) is 4.99 Å². The molecule has 0 aliphatic carbocycles. The molecule has 1 aromatic heterocycles. The highest BCUT2D eigenvalue weighted by Gasteiger charge is 2.17. The zero-order valence-corrected chi connectivity index (χ0v) is 16.2. The van der Waals surface area contributed by atoms with Crippen LogP contribution in [0.25, 0.3) is 0 Å². The molecule has 2 heterocycles. The number of guanidine groups is 1. The van der Waals surface area contributed by atoms with Gasteiger partial charge >= 0.3 is 0 Å². The van der Waals surface area contributed by atoms with E-state index in [2.05, 4.69) is 15.6 Å². The first-order chi connectivity index (χ1) is 11.8. The Morgan fingerprint density at radius 3 is 2.96 bits per heavy atom. The molecular weight excluding hydrogens is 440 g/mol. The van der Waals surface area contributed by atoms with E-state index in [4.69, 9.17) is 13.9 Å². The van der Waals surface area contributed by atoms with Gasteiger partial charge in [-0.2, -0.15) is 0 Å². The van der Waals surface area contributed by atoms with Gasteiger partial charge in [-0.15, -0.1) is 24.0 Å². The molecular formula is C17H21FIN3O3. The Balaban J connectivity index is 0.00000225. The Morgan fingerprint density at radius 2 is 2.20 bits per heavy atom. The van der Waals surface area contributed by atoms with Gasteiger partial charge in [-0.25, -0.2) is 4.39 Å². The van der Waals surface area contributed by atoms with Crippen molar-refractivity contribution in [2.75, 3.05) is 20.4 Å². The Bertz CT molecular complexity index is 707. The average Bonchev–Trinajstić information content (AvgIpc) is 3.11. The molecule has 0 amide bonds. The fraction of sp³-hybridized carbons (Fsp3) is 0.353. The van der Waals surface area contributed by atoms with Crippen LogP contribution >= 0.6 is 24.0 Å². The first-order valence-electron chi connectivity index (χ1n) is 7.75. The van der Waals surface area contributed by atoms with Crippen LogP contribution in [0.1, 0.15) is 16.9 Å². The van der Waals surface area contributed by atoms with Crippen molar-refractivity contribution >= 4 is 29.9 Å². The molecule has 1 aromatic carbocycles. The van der Waals surface area contributed by atoms with Gasteiger partial charge in [0.05, 0.1) is 12.9 Å². The van der Waals surface area contributed by atoms with E-state index in [-0.39, 0.29) is 36.6 Å². The zero-order valence-electron chi connectivity index (χ0n) is 13.9. The summed E-state index contributed by atoms with van der Waals surface area (Å²) >= 11 is 0. The number of hydrogen-bond acceptors (Lipinski definition) is 4. The molecule has 6 nitrogen and oxygen atoms in total. The van der Waals surface area contributed by atoms with Crippen LogP contribution in [0.5, 0.6) is 5.75 Å². The second-order valence-electron chi connectivity index (χ2n) is 5.35. The maximum Gasteiger partial charge on any atom is 0.191 e. The van der Waals surface area contributed by atoms with Crippen LogP contribution in [0.2, 0.25) is 0 Å². The SMILES string of the molecule is CN=C(NCCc1ccco1)NCc1cc(F)cc2c1OCOC2.I. The van der Waals surface area contributed by atoms with E-state index in [1.54, 1.807) is 13.3 Å². The number of aliphatic imine (C=N–C) groups is 1. The predicted molar refractivity (Wildman–Crippen MR) is 103 cm³/mol. The topological polar surface area (TPSA) is 68.0 Å². The average molecular weight is 461 g/mol. The predicted octanol–water partition coefficient (Wildman–Crippen LogP) is 2.81. The molecule has 1 aliphatic heterocycles. The van der Waals surface area contributed by atoms with Crippen molar-refractivity contribution in [1.29, 1.82) is 0 Å². The van der Waals surface area contributed by atoms with Crippen LogP contribution in [0.3, 0.4) is 0 Å². The number of ether oxygens (including phenoxy) is 2. The number of nitrogens with zero attached hydrogens (tertiary/aromatic N) is 1. The Morgan fingerprint density at radius 1 is 1.32 bits per heavy atom. The van der Waals surface area contributed by atoms with Crippen LogP contribution < -0.4 is 15.4 Å². The van der Waals surface area contributed by atoms with Crippen LogP contribution in [0, 0.1) is 5.82 Å². The monoisotopic (exact) mass is 461 g/mol. The number of hydrogen-bond donors (Lipinski definition) is 2. The maximum atomic E-state index is 13.7. The van der Waals surface area contributed by atoms with E-state index >= 15 is 0 Å². The van der Waals surface area contributed by atoms with Gasteiger partial charge in [-0.05, 0) is 24.3 Å². The minimum Gasteiger partial charge on any atom is -0.469 e. The quantitative estimate of drug-likeness (QED) is 0.408. The first-order valence-corrected chi connectivity index (χ1v) is 7.75. The summed E-state index contributed by atoms with van der Waals surface area (Å²) in [4.78, 5) is 4.16. The van der Waals surface area contributed by atoms with Gasteiger partial charge in [0.25, 0.3) is 0 Å². The summed E-state index contributed by atoms with van der Waals surface area (Å²) in [6, 6.07) is 6.69. The normalized spacial score (nSPS) is 13.4. The molecule has 25 heavy (non-hydrogen) atoms. The van der Waals surface area contributed by atoms with Crippen molar-refractivity contribution < 1.29 is 18.3 Å². The molecule has 0 spiro atoms. The number of nitrogens with one attached hydrogen (secondary N) is 2. The fourth-order valence-electron chi connectivity index (χ4n) is 2.55. The minimum absolute atomic E-state index is 0. The molecule has 0 unspecified atom stereocenters. The van der Waals surface area contributed by atoms with Crippen LogP contribution in [0.15, 0.2) is 39.9 Å². The van der Waals surface area contributed by atoms with Gasteiger partial charge in [0.2, 0.25) is 0 Å². The lowest BCUT2D eigenvalue weighted by Gasteiger charge is -2.21. The number of fused-ring (bicyclic) bond motifs is 1. The molecule has 8 heteroatoms. The van der Waals surface area contributed by atoms with Crippen LogP contribution in [-0.4, -0.2) is 26.3 Å². The van der Waals surface area contributed by atoms with Gasteiger partial charge in [0.15, 0.2) is 12.8 Å². The summed E-state index contributed by atoms with van der Waals surface area (Å²) in [6.45, 7) is 1.62. The molecule has 0 bridgehead atoms. The third-order valence-corrected chi connectivity index (χ3v) is 3.67. The van der Waals surface area contributed by atoms with Gasteiger partial charge < -0.3 is 24.5 Å². The molecule has 2 N–H and O–H groups in total.